The Balaban J connectivity index is 2.71. The van der Waals surface area contributed by atoms with E-state index in [0.717, 1.165) is 38.2 Å². The van der Waals surface area contributed by atoms with Crippen LogP contribution in [0.25, 0.3) is 0 Å². The van der Waals surface area contributed by atoms with Gasteiger partial charge in [-0.1, -0.05) is 26.8 Å². The van der Waals surface area contributed by atoms with Gasteiger partial charge in [0.25, 0.3) is 0 Å². The maximum absolute atomic E-state index is 9.26. The molecule has 0 spiro atoms. The molecule has 4 heteroatoms. The Hall–Kier alpha value is -1.13. The lowest BCUT2D eigenvalue weighted by atomic mass is 10.1. The van der Waals surface area contributed by atoms with Crippen molar-refractivity contribution in [1.29, 1.82) is 0 Å². The molecule has 0 saturated carbocycles. The summed E-state index contributed by atoms with van der Waals surface area (Å²) in [5, 5.41) is 12.6. The zero-order valence-electron chi connectivity index (χ0n) is 13.1. The highest BCUT2D eigenvalue weighted by molar-refractivity contribution is 5.40. The predicted molar refractivity (Wildman–Crippen MR) is 85.0 cm³/mol. The highest BCUT2D eigenvalue weighted by Gasteiger charge is 2.16. The normalized spacial score (nSPS) is 11.1. The molecule has 0 aliphatic carbocycles. The number of hydrogen-bond donors (Lipinski definition) is 2. The van der Waals surface area contributed by atoms with Gasteiger partial charge in [-0.25, -0.2) is 4.98 Å². The molecule has 1 aromatic rings. The van der Waals surface area contributed by atoms with Crippen LogP contribution in [0.5, 0.6) is 0 Å². The fourth-order valence-electron chi connectivity index (χ4n) is 2.42. The molecule has 0 fully saturated rings. The summed E-state index contributed by atoms with van der Waals surface area (Å²) in [5.74, 6) is 0.965. The minimum absolute atomic E-state index is 0.165. The standard InChI is InChI=1S/C16H29N3O/c1-4-9-17-12-14-7-8-16(18-13-14)19(10-11-20)15(5-2)6-3/h7-8,13,15,17,20H,4-6,9-12H2,1-3H3. The van der Waals surface area contributed by atoms with E-state index in [1.165, 1.54) is 5.56 Å². The molecule has 1 rings (SSSR count). The van der Waals surface area contributed by atoms with Crippen LogP contribution in [-0.2, 0) is 6.54 Å². The summed E-state index contributed by atoms with van der Waals surface area (Å²) in [6, 6.07) is 4.63. The van der Waals surface area contributed by atoms with Crippen molar-refractivity contribution in [2.45, 2.75) is 52.6 Å². The zero-order chi connectivity index (χ0) is 14.8. The van der Waals surface area contributed by atoms with E-state index in [1.54, 1.807) is 0 Å². The molecule has 1 aromatic heterocycles. The molecule has 0 radical (unpaired) electrons. The maximum atomic E-state index is 9.26. The van der Waals surface area contributed by atoms with Crippen LogP contribution in [0.2, 0.25) is 0 Å². The molecule has 2 N–H and O–H groups in total. The minimum atomic E-state index is 0.165. The van der Waals surface area contributed by atoms with Gasteiger partial charge in [0.2, 0.25) is 0 Å². The first-order valence-corrected chi connectivity index (χ1v) is 7.79. The van der Waals surface area contributed by atoms with E-state index in [9.17, 15) is 5.11 Å². The molecule has 0 atom stereocenters. The largest absolute Gasteiger partial charge is 0.395 e. The second kappa shape index (κ2) is 9.72. The van der Waals surface area contributed by atoms with E-state index in [1.807, 2.05) is 6.20 Å². The van der Waals surface area contributed by atoms with Crippen molar-refractivity contribution >= 4 is 5.82 Å². The van der Waals surface area contributed by atoms with Crippen molar-refractivity contribution < 1.29 is 5.11 Å². The van der Waals surface area contributed by atoms with Crippen molar-refractivity contribution in [3.63, 3.8) is 0 Å². The van der Waals surface area contributed by atoms with Crippen molar-refractivity contribution in [3.05, 3.63) is 23.9 Å². The van der Waals surface area contributed by atoms with Gasteiger partial charge >= 0.3 is 0 Å². The number of aliphatic hydroxyl groups is 1. The smallest absolute Gasteiger partial charge is 0.128 e. The number of pyridine rings is 1. The highest BCUT2D eigenvalue weighted by atomic mass is 16.3. The Morgan fingerprint density at radius 2 is 2.00 bits per heavy atom. The Morgan fingerprint density at radius 1 is 1.25 bits per heavy atom. The van der Waals surface area contributed by atoms with Crippen LogP contribution >= 0.6 is 0 Å². The van der Waals surface area contributed by atoms with Crippen LogP contribution in [0, 0.1) is 0 Å². The Morgan fingerprint density at radius 3 is 2.50 bits per heavy atom. The topological polar surface area (TPSA) is 48.4 Å². The Bertz CT molecular complexity index is 349. The first-order chi connectivity index (χ1) is 9.76. The molecule has 0 aliphatic rings. The van der Waals surface area contributed by atoms with Gasteiger partial charge < -0.3 is 15.3 Å². The van der Waals surface area contributed by atoms with E-state index in [2.05, 4.69) is 48.1 Å². The van der Waals surface area contributed by atoms with E-state index in [-0.39, 0.29) is 6.61 Å². The highest BCUT2D eigenvalue weighted by Crippen LogP contribution is 2.18. The van der Waals surface area contributed by atoms with E-state index >= 15 is 0 Å². The molecule has 0 bridgehead atoms. The maximum Gasteiger partial charge on any atom is 0.128 e. The second-order valence-corrected chi connectivity index (χ2v) is 5.09. The number of hydrogen-bond acceptors (Lipinski definition) is 4. The number of anilines is 1. The summed E-state index contributed by atoms with van der Waals surface area (Å²) >= 11 is 0. The van der Waals surface area contributed by atoms with Crippen LogP contribution in [-0.4, -0.2) is 35.8 Å². The van der Waals surface area contributed by atoms with Crippen molar-refractivity contribution in [2.75, 3.05) is 24.6 Å². The third-order valence-corrected chi connectivity index (χ3v) is 3.58. The van der Waals surface area contributed by atoms with Crippen LogP contribution in [0.15, 0.2) is 18.3 Å². The predicted octanol–water partition coefficient (Wildman–Crippen LogP) is 2.57. The van der Waals surface area contributed by atoms with Gasteiger partial charge in [-0.3, -0.25) is 0 Å². The third-order valence-electron chi connectivity index (χ3n) is 3.58. The van der Waals surface area contributed by atoms with Crippen molar-refractivity contribution in [3.8, 4) is 0 Å². The lowest BCUT2D eigenvalue weighted by Crippen LogP contribution is -2.37. The van der Waals surface area contributed by atoms with Crippen molar-refractivity contribution in [2.24, 2.45) is 0 Å². The van der Waals surface area contributed by atoms with E-state index in [4.69, 9.17) is 0 Å². The number of aliphatic hydroxyl groups excluding tert-OH is 1. The fourth-order valence-corrected chi connectivity index (χ4v) is 2.42. The van der Waals surface area contributed by atoms with Gasteiger partial charge in [0.1, 0.15) is 5.82 Å². The van der Waals surface area contributed by atoms with Crippen LogP contribution in [0.3, 0.4) is 0 Å². The van der Waals surface area contributed by atoms with Crippen molar-refractivity contribution in [1.82, 2.24) is 10.3 Å². The SMILES string of the molecule is CCCNCc1ccc(N(CCO)C(CC)CC)nc1. The number of nitrogens with zero attached hydrogens (tertiary/aromatic N) is 2. The summed E-state index contributed by atoms with van der Waals surface area (Å²) in [6.45, 7) is 9.24. The quantitative estimate of drug-likeness (QED) is 0.646. The third kappa shape index (κ3) is 5.10. The number of nitrogens with one attached hydrogen (secondary N) is 1. The number of rotatable bonds is 10. The number of aromatic nitrogens is 1. The molecular formula is C16H29N3O. The molecule has 0 aliphatic heterocycles. The van der Waals surface area contributed by atoms with Crippen LogP contribution < -0.4 is 10.2 Å². The molecule has 0 saturated heterocycles. The zero-order valence-corrected chi connectivity index (χ0v) is 13.1. The first kappa shape index (κ1) is 16.9. The molecule has 0 unspecified atom stereocenters. The van der Waals surface area contributed by atoms with Gasteiger partial charge in [0.05, 0.1) is 6.61 Å². The molecule has 0 amide bonds. The Labute approximate surface area is 123 Å². The molecule has 20 heavy (non-hydrogen) atoms. The summed E-state index contributed by atoms with van der Waals surface area (Å²) in [6.07, 6.45) is 5.21. The summed E-state index contributed by atoms with van der Waals surface area (Å²) in [4.78, 5) is 6.78. The molecule has 1 heterocycles. The fraction of sp³-hybridized carbons (Fsp3) is 0.688. The van der Waals surface area contributed by atoms with Crippen LogP contribution in [0.1, 0.15) is 45.6 Å². The van der Waals surface area contributed by atoms with Gasteiger partial charge in [0.15, 0.2) is 0 Å². The molecule has 4 nitrogen and oxygen atoms in total. The van der Waals surface area contributed by atoms with Gasteiger partial charge in [-0.2, -0.15) is 0 Å². The monoisotopic (exact) mass is 279 g/mol. The minimum Gasteiger partial charge on any atom is -0.395 e. The first-order valence-electron chi connectivity index (χ1n) is 7.79. The lowest BCUT2D eigenvalue weighted by molar-refractivity contribution is 0.295. The van der Waals surface area contributed by atoms with Gasteiger partial charge in [0, 0.05) is 25.3 Å². The Kier molecular flexibility index (Phi) is 8.23. The summed E-state index contributed by atoms with van der Waals surface area (Å²) in [7, 11) is 0. The average Bonchev–Trinajstić information content (AvgIpc) is 2.49. The van der Waals surface area contributed by atoms with E-state index in [0.29, 0.717) is 12.6 Å². The van der Waals surface area contributed by atoms with Gasteiger partial charge in [-0.15, -0.1) is 0 Å². The average molecular weight is 279 g/mol. The van der Waals surface area contributed by atoms with E-state index < -0.39 is 0 Å². The molecular weight excluding hydrogens is 250 g/mol. The summed E-state index contributed by atoms with van der Waals surface area (Å²) in [5.41, 5.74) is 1.20. The summed E-state index contributed by atoms with van der Waals surface area (Å²) < 4.78 is 0. The molecule has 114 valence electrons. The van der Waals surface area contributed by atoms with Gasteiger partial charge in [-0.05, 0) is 37.4 Å². The molecule has 0 aromatic carbocycles. The second-order valence-electron chi connectivity index (χ2n) is 5.09. The van der Waals surface area contributed by atoms with Crippen LogP contribution in [0.4, 0.5) is 5.82 Å². The lowest BCUT2D eigenvalue weighted by Gasteiger charge is -2.31.